The summed E-state index contributed by atoms with van der Waals surface area (Å²) in [6.45, 7) is 9.37. The smallest absolute Gasteiger partial charge is 0.257 e. The second-order valence-corrected chi connectivity index (χ2v) is 11.1. The third-order valence-electron chi connectivity index (χ3n) is 7.55. The highest BCUT2D eigenvalue weighted by Crippen LogP contribution is 2.37. The fraction of sp³-hybridized carbons (Fsp3) is 0.500. The Kier molecular flexibility index (Phi) is 7.23. The number of nitrogens with zero attached hydrogens (tertiary/aromatic N) is 4. The van der Waals surface area contributed by atoms with E-state index in [-0.39, 0.29) is 17.7 Å². The molecule has 1 N–H and O–H groups in total. The van der Waals surface area contributed by atoms with Crippen LogP contribution in [-0.4, -0.2) is 52.3 Å². The lowest BCUT2D eigenvalue weighted by molar-refractivity contribution is -0.120. The minimum absolute atomic E-state index is 0.0497. The van der Waals surface area contributed by atoms with Crippen LogP contribution in [0.2, 0.25) is 0 Å². The van der Waals surface area contributed by atoms with Crippen LogP contribution in [-0.2, 0) is 4.79 Å². The van der Waals surface area contributed by atoms with Gasteiger partial charge in [0.2, 0.25) is 5.91 Å². The fourth-order valence-corrected chi connectivity index (χ4v) is 6.10. The Morgan fingerprint density at radius 2 is 1.72 bits per heavy atom. The molecule has 190 valence electrons. The van der Waals surface area contributed by atoms with Gasteiger partial charge in [-0.1, -0.05) is 26.0 Å². The number of pyridine rings is 1. The number of aryl methyl sites for hydroxylation is 1. The number of rotatable bonds is 5. The van der Waals surface area contributed by atoms with Gasteiger partial charge < -0.3 is 15.1 Å². The van der Waals surface area contributed by atoms with Gasteiger partial charge in [0.05, 0.1) is 22.3 Å². The van der Waals surface area contributed by atoms with Gasteiger partial charge >= 0.3 is 0 Å². The van der Waals surface area contributed by atoms with Crippen molar-refractivity contribution in [3.8, 4) is 0 Å². The Bertz CT molecular complexity index is 1240. The number of hydrogen-bond donors (Lipinski definition) is 1. The van der Waals surface area contributed by atoms with E-state index in [1.165, 1.54) is 23.5 Å². The number of benzene rings is 1. The third-order valence-corrected chi connectivity index (χ3v) is 8.40. The molecule has 36 heavy (non-hydrogen) atoms. The number of fused-ring (bicyclic) bond motifs is 1. The Hall–Kier alpha value is -3.00. The Labute approximate surface area is 217 Å². The molecular weight excluding hydrogens is 470 g/mol. The number of nitrogens with one attached hydrogen (secondary N) is 1. The Balaban J connectivity index is 1.33. The van der Waals surface area contributed by atoms with Crippen molar-refractivity contribution in [1.29, 1.82) is 0 Å². The van der Waals surface area contributed by atoms with Crippen LogP contribution in [0.3, 0.4) is 0 Å². The highest BCUT2D eigenvalue weighted by Gasteiger charge is 2.31. The van der Waals surface area contributed by atoms with Crippen molar-refractivity contribution in [3.05, 3.63) is 47.3 Å². The van der Waals surface area contributed by atoms with E-state index in [0.717, 1.165) is 79.1 Å². The molecule has 0 saturated carbocycles. The summed E-state index contributed by atoms with van der Waals surface area (Å²) in [5, 5.41) is 4.09. The molecule has 2 saturated heterocycles. The number of aromatic nitrogens is 2. The van der Waals surface area contributed by atoms with Crippen LogP contribution in [0.25, 0.3) is 10.2 Å². The fourth-order valence-electron chi connectivity index (χ4n) is 5.35. The average Bonchev–Trinajstić information content (AvgIpc) is 3.29. The van der Waals surface area contributed by atoms with Crippen molar-refractivity contribution >= 4 is 44.9 Å². The summed E-state index contributed by atoms with van der Waals surface area (Å²) in [4.78, 5) is 36.3. The lowest BCUT2D eigenvalue weighted by Crippen LogP contribution is -2.40. The molecule has 2 aliphatic rings. The van der Waals surface area contributed by atoms with Crippen molar-refractivity contribution in [2.75, 3.05) is 36.4 Å². The molecule has 2 amide bonds. The molecule has 7 nitrogen and oxygen atoms in total. The van der Waals surface area contributed by atoms with E-state index in [4.69, 9.17) is 0 Å². The van der Waals surface area contributed by atoms with Crippen molar-refractivity contribution in [2.24, 2.45) is 5.92 Å². The van der Waals surface area contributed by atoms with E-state index >= 15 is 0 Å². The SMILES string of the molecule is Cc1nsc2ncc(C(=O)N3CCCCC3)c(N3CCC(C(=O)Nc4ccc(C(C)C)cc4)CC3)c12. The van der Waals surface area contributed by atoms with Gasteiger partial charge in [-0.05, 0) is 74.2 Å². The van der Waals surface area contributed by atoms with Crippen LogP contribution in [0.1, 0.15) is 73.5 Å². The molecule has 5 rings (SSSR count). The largest absolute Gasteiger partial charge is 0.370 e. The minimum atomic E-state index is -0.0497. The first-order valence-electron chi connectivity index (χ1n) is 13.1. The Morgan fingerprint density at radius 3 is 2.39 bits per heavy atom. The zero-order valence-corrected chi connectivity index (χ0v) is 22.2. The van der Waals surface area contributed by atoms with Crippen molar-refractivity contribution < 1.29 is 9.59 Å². The molecule has 1 aromatic carbocycles. The first kappa shape index (κ1) is 24.7. The quantitative estimate of drug-likeness (QED) is 0.488. The summed E-state index contributed by atoms with van der Waals surface area (Å²) in [5.41, 5.74) is 4.64. The number of anilines is 2. The molecule has 0 aliphatic carbocycles. The highest BCUT2D eigenvalue weighted by atomic mass is 32.1. The standard InChI is InChI=1S/C28H35N5O2S/c1-18(2)20-7-9-22(10-8-20)30-26(34)21-11-15-32(16-12-21)25-23(28(35)33-13-5-4-6-14-33)17-29-27-24(25)19(3)31-36-27/h7-10,17-18,21H,4-6,11-16H2,1-3H3,(H,30,34). The molecule has 0 atom stereocenters. The maximum atomic E-state index is 13.6. The van der Waals surface area contributed by atoms with Gasteiger partial charge in [-0.3, -0.25) is 9.59 Å². The van der Waals surface area contributed by atoms with Gasteiger partial charge in [-0.2, -0.15) is 4.37 Å². The normalized spacial score (nSPS) is 17.1. The molecule has 2 aromatic heterocycles. The van der Waals surface area contributed by atoms with E-state index in [9.17, 15) is 9.59 Å². The van der Waals surface area contributed by atoms with E-state index in [0.29, 0.717) is 11.5 Å². The van der Waals surface area contributed by atoms with E-state index < -0.39 is 0 Å². The average molecular weight is 506 g/mol. The highest BCUT2D eigenvalue weighted by molar-refractivity contribution is 7.13. The molecule has 0 unspecified atom stereocenters. The van der Waals surface area contributed by atoms with Gasteiger partial charge in [0.25, 0.3) is 5.91 Å². The first-order chi connectivity index (χ1) is 17.4. The number of piperidine rings is 2. The predicted octanol–water partition coefficient (Wildman–Crippen LogP) is 5.60. The lowest BCUT2D eigenvalue weighted by atomic mass is 9.94. The molecule has 4 heterocycles. The maximum absolute atomic E-state index is 13.6. The molecule has 8 heteroatoms. The number of carbonyl (C=O) groups is 2. The van der Waals surface area contributed by atoms with Crippen LogP contribution >= 0.6 is 11.5 Å². The van der Waals surface area contributed by atoms with Crippen LogP contribution in [0.15, 0.2) is 30.5 Å². The molecular formula is C28H35N5O2S. The number of amides is 2. The number of likely N-dealkylation sites (tertiary alicyclic amines) is 1. The zero-order valence-electron chi connectivity index (χ0n) is 21.4. The van der Waals surface area contributed by atoms with Crippen molar-refractivity contribution in [3.63, 3.8) is 0 Å². The van der Waals surface area contributed by atoms with Crippen molar-refractivity contribution in [2.45, 2.75) is 58.8 Å². The van der Waals surface area contributed by atoms with Gasteiger partial charge in [0.1, 0.15) is 4.83 Å². The van der Waals surface area contributed by atoms with Crippen molar-refractivity contribution in [1.82, 2.24) is 14.3 Å². The molecule has 0 radical (unpaired) electrons. The monoisotopic (exact) mass is 505 g/mol. The summed E-state index contributed by atoms with van der Waals surface area (Å²) >= 11 is 1.38. The summed E-state index contributed by atoms with van der Waals surface area (Å²) in [7, 11) is 0. The predicted molar refractivity (Wildman–Crippen MR) is 146 cm³/mol. The second kappa shape index (κ2) is 10.5. The summed E-state index contributed by atoms with van der Waals surface area (Å²) in [6.07, 6.45) is 6.51. The first-order valence-corrected chi connectivity index (χ1v) is 13.9. The number of hydrogen-bond acceptors (Lipinski definition) is 6. The topological polar surface area (TPSA) is 78.4 Å². The summed E-state index contributed by atoms with van der Waals surface area (Å²) < 4.78 is 4.53. The van der Waals surface area contributed by atoms with Gasteiger partial charge in [0, 0.05) is 44.0 Å². The second-order valence-electron chi connectivity index (χ2n) is 10.3. The van der Waals surface area contributed by atoms with Gasteiger partial charge in [-0.15, -0.1) is 0 Å². The van der Waals surface area contributed by atoms with Gasteiger partial charge in [0.15, 0.2) is 0 Å². The van der Waals surface area contributed by atoms with E-state index in [1.54, 1.807) is 6.20 Å². The van der Waals surface area contributed by atoms with Crippen LogP contribution in [0.4, 0.5) is 11.4 Å². The van der Waals surface area contributed by atoms with Crippen LogP contribution < -0.4 is 10.2 Å². The van der Waals surface area contributed by atoms with Crippen LogP contribution in [0, 0.1) is 12.8 Å². The molecule has 2 fully saturated rings. The number of carbonyl (C=O) groups excluding carboxylic acids is 2. The minimum Gasteiger partial charge on any atom is -0.370 e. The lowest BCUT2D eigenvalue weighted by Gasteiger charge is -2.35. The van der Waals surface area contributed by atoms with E-state index in [1.807, 2.05) is 24.0 Å². The molecule has 2 aliphatic heterocycles. The summed E-state index contributed by atoms with van der Waals surface area (Å²) in [6, 6.07) is 8.13. The molecule has 0 bridgehead atoms. The maximum Gasteiger partial charge on any atom is 0.257 e. The molecule has 3 aromatic rings. The molecule has 0 spiro atoms. The van der Waals surface area contributed by atoms with Crippen LogP contribution in [0.5, 0.6) is 0 Å². The van der Waals surface area contributed by atoms with E-state index in [2.05, 4.69) is 45.6 Å². The zero-order chi connectivity index (χ0) is 25.2. The van der Waals surface area contributed by atoms with Gasteiger partial charge in [-0.25, -0.2) is 4.98 Å². The Morgan fingerprint density at radius 1 is 1.03 bits per heavy atom. The third kappa shape index (κ3) is 4.96. The summed E-state index contributed by atoms with van der Waals surface area (Å²) in [5.74, 6) is 0.554.